The van der Waals surface area contributed by atoms with Gasteiger partial charge in [-0.25, -0.2) is 0 Å². The SMILES string of the molecule is [B]c1c(-c2ccc3c(c2)c2c(-c4ccccc4)cccc2n3-c2ccc(-c3ccccc3)cc2)c([B])c2c3ccccc3n(-c3ccccc3)c2c1[B]. The van der Waals surface area contributed by atoms with E-state index in [9.17, 15) is 0 Å². The van der Waals surface area contributed by atoms with Gasteiger partial charge < -0.3 is 9.13 Å². The van der Waals surface area contributed by atoms with Gasteiger partial charge in [-0.2, -0.15) is 0 Å². The van der Waals surface area contributed by atoms with Crippen LogP contribution in [0.5, 0.6) is 0 Å². The minimum absolute atomic E-state index is 0.470. The summed E-state index contributed by atoms with van der Waals surface area (Å²) < 4.78 is 4.52. The van der Waals surface area contributed by atoms with Gasteiger partial charge in [0, 0.05) is 38.4 Å². The molecule has 0 amide bonds. The Kier molecular flexibility index (Phi) is 7.30. The van der Waals surface area contributed by atoms with Gasteiger partial charge in [0.1, 0.15) is 23.5 Å². The third kappa shape index (κ3) is 4.84. The summed E-state index contributed by atoms with van der Waals surface area (Å²) in [5.41, 5.74) is 14.1. The quantitative estimate of drug-likeness (QED) is 0.162. The molecule has 2 aromatic heterocycles. The van der Waals surface area contributed by atoms with E-state index in [1.54, 1.807) is 0 Å². The number of benzene rings is 8. The van der Waals surface area contributed by atoms with Crippen LogP contribution in [0.3, 0.4) is 0 Å². The fourth-order valence-corrected chi connectivity index (χ4v) is 8.25. The first-order valence-corrected chi connectivity index (χ1v) is 17.8. The van der Waals surface area contributed by atoms with E-state index in [4.69, 9.17) is 23.5 Å². The predicted octanol–water partition coefficient (Wildman–Crippen LogP) is 9.26. The maximum absolute atomic E-state index is 7.26. The molecule has 0 aliphatic carbocycles. The number of para-hydroxylation sites is 2. The molecule has 10 rings (SSSR count). The number of hydrogen-bond acceptors (Lipinski definition) is 0. The fraction of sp³-hybridized carbons (Fsp3) is 0. The number of rotatable bonds is 5. The average molecular weight is 666 g/mol. The lowest BCUT2D eigenvalue weighted by atomic mass is 9.69. The Labute approximate surface area is 312 Å². The third-order valence-corrected chi connectivity index (χ3v) is 10.6. The molecule has 0 spiro atoms. The lowest BCUT2D eigenvalue weighted by Crippen LogP contribution is -2.35. The first kappa shape index (κ1) is 31.3. The van der Waals surface area contributed by atoms with Crippen LogP contribution in [-0.2, 0) is 0 Å². The molecular weight excluding hydrogens is 637 g/mol. The molecular formula is C48H29B3N2. The smallest absolute Gasteiger partial charge is 0.115 e. The van der Waals surface area contributed by atoms with Gasteiger partial charge in [-0.1, -0.05) is 144 Å². The van der Waals surface area contributed by atoms with E-state index in [1.165, 1.54) is 11.1 Å². The highest BCUT2D eigenvalue weighted by Gasteiger charge is 2.22. The van der Waals surface area contributed by atoms with E-state index in [1.807, 2.05) is 36.4 Å². The van der Waals surface area contributed by atoms with Crippen molar-refractivity contribution in [3.05, 3.63) is 176 Å². The molecule has 0 saturated heterocycles. The van der Waals surface area contributed by atoms with Crippen LogP contribution in [0.1, 0.15) is 0 Å². The molecule has 8 aromatic carbocycles. The van der Waals surface area contributed by atoms with E-state index in [0.717, 1.165) is 77.2 Å². The molecule has 5 heteroatoms. The van der Waals surface area contributed by atoms with Crippen molar-refractivity contribution in [3.63, 3.8) is 0 Å². The van der Waals surface area contributed by atoms with Crippen LogP contribution in [0, 0.1) is 0 Å². The van der Waals surface area contributed by atoms with Gasteiger partial charge in [0.05, 0.1) is 16.6 Å². The topological polar surface area (TPSA) is 9.86 Å². The van der Waals surface area contributed by atoms with Crippen molar-refractivity contribution in [1.29, 1.82) is 0 Å². The van der Waals surface area contributed by atoms with Crippen LogP contribution >= 0.6 is 0 Å². The highest BCUT2D eigenvalue weighted by molar-refractivity contribution is 6.60. The van der Waals surface area contributed by atoms with Crippen molar-refractivity contribution < 1.29 is 0 Å². The van der Waals surface area contributed by atoms with Crippen molar-refractivity contribution in [2.24, 2.45) is 0 Å². The molecule has 53 heavy (non-hydrogen) atoms. The second-order valence-electron chi connectivity index (χ2n) is 13.6. The van der Waals surface area contributed by atoms with Gasteiger partial charge in [0.15, 0.2) is 0 Å². The van der Waals surface area contributed by atoms with Crippen molar-refractivity contribution in [2.45, 2.75) is 0 Å². The Hall–Kier alpha value is -6.45. The van der Waals surface area contributed by atoms with Crippen LogP contribution < -0.4 is 16.4 Å². The monoisotopic (exact) mass is 666 g/mol. The lowest BCUT2D eigenvalue weighted by Gasteiger charge is -2.19. The molecule has 0 N–H and O–H groups in total. The van der Waals surface area contributed by atoms with Crippen LogP contribution in [0.2, 0.25) is 0 Å². The summed E-state index contributed by atoms with van der Waals surface area (Å²) in [7, 11) is 21.4. The minimum Gasteiger partial charge on any atom is -0.310 e. The van der Waals surface area contributed by atoms with Gasteiger partial charge in [-0.3, -0.25) is 0 Å². The summed E-state index contributed by atoms with van der Waals surface area (Å²) in [6, 6.07) is 61.5. The summed E-state index contributed by atoms with van der Waals surface area (Å²) in [6.07, 6.45) is 0. The molecule has 6 radical (unpaired) electrons. The van der Waals surface area contributed by atoms with Crippen molar-refractivity contribution >= 4 is 83.5 Å². The summed E-state index contributed by atoms with van der Waals surface area (Å²) in [5, 5.41) is 4.19. The summed E-state index contributed by atoms with van der Waals surface area (Å²) in [6.45, 7) is 0. The second-order valence-corrected chi connectivity index (χ2v) is 13.6. The van der Waals surface area contributed by atoms with Crippen LogP contribution in [0.15, 0.2) is 176 Å². The largest absolute Gasteiger partial charge is 0.310 e. The van der Waals surface area contributed by atoms with Crippen molar-refractivity contribution in [3.8, 4) is 44.8 Å². The molecule has 10 aromatic rings. The summed E-state index contributed by atoms with van der Waals surface area (Å²) in [5.74, 6) is 0. The maximum atomic E-state index is 7.26. The molecule has 0 atom stereocenters. The molecule has 0 aliphatic rings. The zero-order valence-corrected chi connectivity index (χ0v) is 28.9. The molecule has 2 nitrogen and oxygen atoms in total. The Morgan fingerprint density at radius 3 is 1.64 bits per heavy atom. The molecule has 2 heterocycles. The molecule has 0 saturated carbocycles. The molecule has 240 valence electrons. The summed E-state index contributed by atoms with van der Waals surface area (Å²) in [4.78, 5) is 0. The highest BCUT2D eigenvalue weighted by atomic mass is 15.0. The van der Waals surface area contributed by atoms with E-state index in [2.05, 4.69) is 149 Å². The molecule has 0 bridgehead atoms. The van der Waals surface area contributed by atoms with E-state index in [-0.39, 0.29) is 0 Å². The van der Waals surface area contributed by atoms with E-state index >= 15 is 0 Å². The Bertz CT molecular complexity index is 3000. The number of fused-ring (bicyclic) bond motifs is 6. The minimum atomic E-state index is 0.470. The zero-order valence-electron chi connectivity index (χ0n) is 28.9. The third-order valence-electron chi connectivity index (χ3n) is 10.6. The first-order valence-electron chi connectivity index (χ1n) is 17.8. The lowest BCUT2D eigenvalue weighted by molar-refractivity contribution is 1.18. The molecule has 0 fully saturated rings. The average Bonchev–Trinajstić information content (AvgIpc) is 3.75. The highest BCUT2D eigenvalue weighted by Crippen LogP contribution is 2.41. The van der Waals surface area contributed by atoms with Crippen LogP contribution in [-0.4, -0.2) is 32.7 Å². The van der Waals surface area contributed by atoms with Crippen molar-refractivity contribution in [1.82, 2.24) is 9.13 Å². The van der Waals surface area contributed by atoms with Crippen molar-refractivity contribution in [2.75, 3.05) is 0 Å². The number of nitrogens with zero attached hydrogens (tertiary/aromatic N) is 2. The Balaban J connectivity index is 1.25. The first-order chi connectivity index (χ1) is 26.1. The van der Waals surface area contributed by atoms with E-state index in [0.29, 0.717) is 16.4 Å². The van der Waals surface area contributed by atoms with Crippen LogP contribution in [0.25, 0.3) is 88.4 Å². The van der Waals surface area contributed by atoms with Crippen LogP contribution in [0.4, 0.5) is 0 Å². The van der Waals surface area contributed by atoms with Gasteiger partial charge in [-0.15, -0.1) is 0 Å². The molecule has 0 aliphatic heterocycles. The summed E-state index contributed by atoms with van der Waals surface area (Å²) >= 11 is 0. The number of hydrogen-bond donors (Lipinski definition) is 0. The maximum Gasteiger partial charge on any atom is 0.115 e. The zero-order chi connectivity index (χ0) is 35.6. The second kappa shape index (κ2) is 12.4. The Morgan fingerprint density at radius 2 is 0.906 bits per heavy atom. The van der Waals surface area contributed by atoms with Gasteiger partial charge >= 0.3 is 0 Å². The van der Waals surface area contributed by atoms with E-state index < -0.39 is 0 Å². The molecule has 0 unspecified atom stereocenters. The van der Waals surface area contributed by atoms with Gasteiger partial charge in [-0.05, 0) is 81.9 Å². The predicted molar refractivity (Wildman–Crippen MR) is 228 cm³/mol. The standard InChI is InChI=1S/C48H29B3N2/c49-45-42(46(50)47(51)48-44(45)37-19-10-11-21-39(37)53(48)34-17-8-3-9-18-34)33-25-28-40-38(29-33)43-36(32-15-6-2-7-16-32)20-12-22-41(43)52(40)35-26-23-31(24-27-35)30-13-4-1-5-14-30/h1-29H. The van der Waals surface area contributed by atoms with Gasteiger partial charge in [0.2, 0.25) is 0 Å². The fourth-order valence-electron chi connectivity index (χ4n) is 8.25. The number of aromatic nitrogens is 2. The van der Waals surface area contributed by atoms with Gasteiger partial charge in [0.25, 0.3) is 0 Å². The Morgan fingerprint density at radius 1 is 0.340 bits per heavy atom. The normalized spacial score (nSPS) is 11.6.